The maximum atomic E-state index is 12.1. The van der Waals surface area contributed by atoms with Gasteiger partial charge in [-0.2, -0.15) is 0 Å². The van der Waals surface area contributed by atoms with Crippen molar-refractivity contribution >= 4 is 11.6 Å². The van der Waals surface area contributed by atoms with Crippen LogP contribution in [0.25, 0.3) is 0 Å². The fraction of sp³-hybridized carbons (Fsp3) is 0.500. The van der Waals surface area contributed by atoms with Crippen LogP contribution in [0, 0.1) is 0 Å². The van der Waals surface area contributed by atoms with Gasteiger partial charge in [-0.15, -0.1) is 0 Å². The standard InChI is InChI=1S/C14H20N2O2/c1-2-13-11-18-9-8-16(13)14(17)10-15-12-6-4-3-5-7-12/h3-7,13,15H,2,8-11H2,1H3. The van der Waals surface area contributed by atoms with Crippen LogP contribution in [0.4, 0.5) is 5.69 Å². The molecule has 1 aromatic carbocycles. The third kappa shape index (κ3) is 3.23. The van der Waals surface area contributed by atoms with Crippen LogP contribution in [0.15, 0.2) is 30.3 Å². The molecule has 1 aromatic rings. The lowest BCUT2D eigenvalue weighted by Crippen LogP contribution is -2.50. The molecule has 0 bridgehead atoms. The number of nitrogens with zero attached hydrogens (tertiary/aromatic N) is 1. The van der Waals surface area contributed by atoms with Gasteiger partial charge in [0, 0.05) is 12.2 Å². The van der Waals surface area contributed by atoms with Crippen LogP contribution in [0.2, 0.25) is 0 Å². The molecule has 1 aliphatic rings. The topological polar surface area (TPSA) is 41.6 Å². The molecule has 0 aromatic heterocycles. The SMILES string of the molecule is CCC1COCCN1C(=O)CNc1ccccc1. The van der Waals surface area contributed by atoms with Crippen molar-refractivity contribution in [3.8, 4) is 0 Å². The van der Waals surface area contributed by atoms with E-state index in [-0.39, 0.29) is 11.9 Å². The number of hydrogen-bond donors (Lipinski definition) is 1. The Kier molecular flexibility index (Phi) is 4.59. The molecule has 18 heavy (non-hydrogen) atoms. The van der Waals surface area contributed by atoms with Gasteiger partial charge in [-0.25, -0.2) is 0 Å². The molecule has 0 saturated carbocycles. The third-order valence-corrected chi connectivity index (χ3v) is 3.24. The van der Waals surface area contributed by atoms with Gasteiger partial charge in [-0.1, -0.05) is 25.1 Å². The van der Waals surface area contributed by atoms with Gasteiger partial charge in [-0.3, -0.25) is 4.79 Å². The van der Waals surface area contributed by atoms with Crippen molar-refractivity contribution in [1.29, 1.82) is 0 Å². The summed E-state index contributed by atoms with van der Waals surface area (Å²) in [6.07, 6.45) is 0.942. The number of para-hydroxylation sites is 1. The second-order valence-electron chi connectivity index (χ2n) is 4.44. The number of rotatable bonds is 4. The van der Waals surface area contributed by atoms with Crippen molar-refractivity contribution in [2.75, 3.05) is 31.6 Å². The van der Waals surface area contributed by atoms with Crippen LogP contribution >= 0.6 is 0 Å². The first-order valence-corrected chi connectivity index (χ1v) is 6.47. The summed E-state index contributed by atoms with van der Waals surface area (Å²) >= 11 is 0. The molecule has 4 heteroatoms. The first-order valence-electron chi connectivity index (χ1n) is 6.47. The molecule has 1 unspecified atom stereocenters. The highest BCUT2D eigenvalue weighted by Crippen LogP contribution is 2.11. The van der Waals surface area contributed by atoms with Crippen LogP contribution in [-0.2, 0) is 9.53 Å². The summed E-state index contributed by atoms with van der Waals surface area (Å²) in [6, 6.07) is 10.0. The summed E-state index contributed by atoms with van der Waals surface area (Å²) in [4.78, 5) is 14.1. The lowest BCUT2D eigenvalue weighted by Gasteiger charge is -2.35. The van der Waals surface area contributed by atoms with Gasteiger partial charge in [0.15, 0.2) is 0 Å². The number of carbonyl (C=O) groups excluding carboxylic acids is 1. The van der Waals surface area contributed by atoms with E-state index in [9.17, 15) is 4.79 Å². The first kappa shape index (κ1) is 12.9. The van der Waals surface area contributed by atoms with E-state index in [1.165, 1.54) is 0 Å². The molecular weight excluding hydrogens is 228 g/mol. The highest BCUT2D eigenvalue weighted by atomic mass is 16.5. The van der Waals surface area contributed by atoms with E-state index in [0.29, 0.717) is 26.3 Å². The van der Waals surface area contributed by atoms with Crippen molar-refractivity contribution < 1.29 is 9.53 Å². The monoisotopic (exact) mass is 248 g/mol. The Morgan fingerprint density at radius 2 is 2.22 bits per heavy atom. The normalized spacial score (nSPS) is 19.6. The zero-order valence-electron chi connectivity index (χ0n) is 10.8. The van der Waals surface area contributed by atoms with Gasteiger partial charge in [0.1, 0.15) is 0 Å². The Morgan fingerprint density at radius 1 is 1.44 bits per heavy atom. The highest BCUT2D eigenvalue weighted by Gasteiger charge is 2.25. The molecule has 0 spiro atoms. The third-order valence-electron chi connectivity index (χ3n) is 3.24. The minimum Gasteiger partial charge on any atom is -0.377 e. The molecule has 4 nitrogen and oxygen atoms in total. The predicted molar refractivity (Wildman–Crippen MR) is 71.5 cm³/mol. The Bertz CT molecular complexity index is 381. The summed E-state index contributed by atoms with van der Waals surface area (Å²) in [5, 5.41) is 3.15. The van der Waals surface area contributed by atoms with E-state index in [1.807, 2.05) is 35.2 Å². The van der Waals surface area contributed by atoms with Gasteiger partial charge in [0.25, 0.3) is 0 Å². The number of anilines is 1. The van der Waals surface area contributed by atoms with Crippen LogP contribution in [0.1, 0.15) is 13.3 Å². The summed E-state index contributed by atoms with van der Waals surface area (Å²) in [6.45, 7) is 4.44. The zero-order valence-corrected chi connectivity index (χ0v) is 10.8. The average molecular weight is 248 g/mol. The van der Waals surface area contributed by atoms with Crippen molar-refractivity contribution in [3.05, 3.63) is 30.3 Å². The quantitative estimate of drug-likeness (QED) is 0.882. The summed E-state index contributed by atoms with van der Waals surface area (Å²) in [5.74, 6) is 0.147. The van der Waals surface area contributed by atoms with Crippen molar-refractivity contribution in [2.24, 2.45) is 0 Å². The molecule has 98 valence electrons. The Morgan fingerprint density at radius 3 is 2.94 bits per heavy atom. The Hall–Kier alpha value is -1.55. The molecule has 1 saturated heterocycles. The van der Waals surface area contributed by atoms with Crippen molar-refractivity contribution in [2.45, 2.75) is 19.4 Å². The number of morpholine rings is 1. The maximum absolute atomic E-state index is 12.1. The Balaban J connectivity index is 1.87. The number of ether oxygens (including phenoxy) is 1. The van der Waals surface area contributed by atoms with Crippen LogP contribution in [0.5, 0.6) is 0 Å². The van der Waals surface area contributed by atoms with Gasteiger partial charge in [0.2, 0.25) is 5.91 Å². The second-order valence-corrected chi connectivity index (χ2v) is 4.44. The Labute approximate surface area is 108 Å². The maximum Gasteiger partial charge on any atom is 0.242 e. The van der Waals surface area contributed by atoms with Gasteiger partial charge in [0.05, 0.1) is 25.8 Å². The summed E-state index contributed by atoms with van der Waals surface area (Å²) in [5.41, 5.74) is 0.979. The highest BCUT2D eigenvalue weighted by molar-refractivity contribution is 5.81. The molecule has 0 radical (unpaired) electrons. The minimum atomic E-state index is 0.147. The van der Waals surface area contributed by atoms with Gasteiger partial charge < -0.3 is 15.0 Å². The molecule has 1 aliphatic heterocycles. The zero-order chi connectivity index (χ0) is 12.8. The smallest absolute Gasteiger partial charge is 0.242 e. The largest absolute Gasteiger partial charge is 0.377 e. The second kappa shape index (κ2) is 6.40. The summed E-state index contributed by atoms with van der Waals surface area (Å²) in [7, 11) is 0. The number of carbonyl (C=O) groups is 1. The molecule has 1 atom stereocenters. The lowest BCUT2D eigenvalue weighted by atomic mass is 10.1. The van der Waals surface area contributed by atoms with Crippen LogP contribution in [-0.4, -0.2) is 43.2 Å². The molecule has 1 amide bonds. The van der Waals surface area contributed by atoms with Crippen molar-refractivity contribution in [3.63, 3.8) is 0 Å². The molecule has 0 aliphatic carbocycles. The molecular formula is C14H20N2O2. The average Bonchev–Trinajstić information content (AvgIpc) is 2.45. The van der Waals surface area contributed by atoms with E-state index >= 15 is 0 Å². The number of benzene rings is 1. The number of hydrogen-bond acceptors (Lipinski definition) is 3. The number of amides is 1. The fourth-order valence-corrected chi connectivity index (χ4v) is 2.16. The van der Waals surface area contributed by atoms with Gasteiger partial charge in [-0.05, 0) is 18.6 Å². The van der Waals surface area contributed by atoms with E-state index in [2.05, 4.69) is 12.2 Å². The van der Waals surface area contributed by atoms with E-state index in [0.717, 1.165) is 12.1 Å². The molecule has 2 rings (SSSR count). The van der Waals surface area contributed by atoms with E-state index < -0.39 is 0 Å². The van der Waals surface area contributed by atoms with Crippen LogP contribution < -0.4 is 5.32 Å². The van der Waals surface area contributed by atoms with E-state index in [1.54, 1.807) is 0 Å². The summed E-state index contributed by atoms with van der Waals surface area (Å²) < 4.78 is 5.40. The molecule has 1 N–H and O–H groups in total. The lowest BCUT2D eigenvalue weighted by molar-refractivity contribution is -0.138. The van der Waals surface area contributed by atoms with Crippen LogP contribution in [0.3, 0.4) is 0 Å². The first-order chi connectivity index (χ1) is 8.81. The van der Waals surface area contributed by atoms with Crippen molar-refractivity contribution in [1.82, 2.24) is 4.90 Å². The fourth-order valence-electron chi connectivity index (χ4n) is 2.16. The predicted octanol–water partition coefficient (Wildman–Crippen LogP) is 1.74. The number of nitrogens with one attached hydrogen (secondary N) is 1. The van der Waals surface area contributed by atoms with Gasteiger partial charge >= 0.3 is 0 Å². The minimum absolute atomic E-state index is 0.147. The van der Waals surface area contributed by atoms with E-state index in [4.69, 9.17) is 4.74 Å². The molecule has 1 fully saturated rings. The molecule has 1 heterocycles.